The Bertz CT molecular complexity index is 1160. The number of aryl methyl sites for hydroxylation is 1. The van der Waals surface area contributed by atoms with Crippen LogP contribution in [0.25, 0.3) is 11.0 Å². The van der Waals surface area contributed by atoms with Crippen molar-refractivity contribution >= 4 is 22.7 Å². The first-order valence-corrected chi connectivity index (χ1v) is 9.91. The Kier molecular flexibility index (Phi) is 5.47. The van der Waals surface area contributed by atoms with E-state index in [2.05, 4.69) is 5.32 Å². The average Bonchev–Trinajstić information content (AvgIpc) is 3.15. The molecule has 1 aliphatic heterocycles. The van der Waals surface area contributed by atoms with E-state index in [0.717, 1.165) is 35.1 Å². The van der Waals surface area contributed by atoms with Gasteiger partial charge in [-0.05, 0) is 37.5 Å². The van der Waals surface area contributed by atoms with Crippen LogP contribution in [-0.4, -0.2) is 24.8 Å². The second-order valence-corrected chi connectivity index (χ2v) is 7.46. The number of halogens is 3. The Morgan fingerprint density at radius 2 is 2.00 bits per heavy atom. The van der Waals surface area contributed by atoms with Gasteiger partial charge in [-0.15, -0.1) is 0 Å². The van der Waals surface area contributed by atoms with Crippen LogP contribution in [0.5, 0.6) is 5.75 Å². The molecule has 31 heavy (non-hydrogen) atoms. The number of ketones is 1. The summed E-state index contributed by atoms with van der Waals surface area (Å²) in [5, 5.41) is 3.57. The van der Waals surface area contributed by atoms with Gasteiger partial charge in [0.25, 0.3) is 0 Å². The van der Waals surface area contributed by atoms with E-state index in [1.165, 1.54) is 25.1 Å². The van der Waals surface area contributed by atoms with Gasteiger partial charge in [-0.25, -0.2) is 0 Å². The number of carbonyl (C=O) groups is 2. The molecular formula is C23H20F3NO4. The summed E-state index contributed by atoms with van der Waals surface area (Å²) in [7, 11) is 0. The first kappa shape index (κ1) is 21.0. The maximum absolute atomic E-state index is 13.2. The molecule has 0 spiro atoms. The molecule has 1 aromatic heterocycles. The van der Waals surface area contributed by atoms with Crippen LogP contribution in [0.15, 0.2) is 41.0 Å². The predicted octanol–water partition coefficient (Wildman–Crippen LogP) is 4.69. The molecule has 0 saturated carbocycles. The van der Waals surface area contributed by atoms with Crippen LogP contribution < -0.4 is 10.1 Å². The molecule has 4 rings (SSSR count). The summed E-state index contributed by atoms with van der Waals surface area (Å²) in [6, 6.07) is 5.89. The first-order valence-electron chi connectivity index (χ1n) is 9.91. The van der Waals surface area contributed by atoms with E-state index in [4.69, 9.17) is 9.15 Å². The standard InChI is InChI=1S/C23H20F3NO4/c1-13(28)27-8-7-15-12-31-19-11-18(22-17(20(15)19)6-3-9-30-22)21(29)14-4-2-5-16(10-14)23(24,25)26/h2,4-5,10-12H,3,6-9H2,1H3,(H,27,28). The van der Waals surface area contributed by atoms with Crippen molar-refractivity contribution in [3.63, 3.8) is 0 Å². The number of fused-ring (bicyclic) bond motifs is 3. The molecule has 8 heteroatoms. The third-order valence-electron chi connectivity index (χ3n) is 5.27. The van der Waals surface area contributed by atoms with Gasteiger partial charge >= 0.3 is 6.18 Å². The molecule has 0 radical (unpaired) electrons. The molecule has 0 aliphatic carbocycles. The number of amides is 1. The minimum atomic E-state index is -4.54. The summed E-state index contributed by atoms with van der Waals surface area (Å²) in [6.07, 6.45) is -1.01. The number of hydrogen-bond donors (Lipinski definition) is 1. The lowest BCUT2D eigenvalue weighted by molar-refractivity contribution is -0.137. The van der Waals surface area contributed by atoms with Gasteiger partial charge in [-0.1, -0.05) is 12.1 Å². The van der Waals surface area contributed by atoms with E-state index in [1.54, 1.807) is 6.26 Å². The molecule has 0 bridgehead atoms. The quantitative estimate of drug-likeness (QED) is 0.596. The molecule has 1 aliphatic rings. The van der Waals surface area contributed by atoms with Crippen molar-refractivity contribution in [2.24, 2.45) is 0 Å². The number of nitrogens with one attached hydrogen (secondary N) is 1. The highest BCUT2D eigenvalue weighted by Gasteiger charge is 2.32. The lowest BCUT2D eigenvalue weighted by Gasteiger charge is -2.21. The van der Waals surface area contributed by atoms with Gasteiger partial charge in [0.15, 0.2) is 5.78 Å². The molecule has 2 aromatic carbocycles. The summed E-state index contributed by atoms with van der Waals surface area (Å²) in [6.45, 7) is 2.29. The topological polar surface area (TPSA) is 68.5 Å². The Hall–Kier alpha value is -3.29. The lowest BCUT2D eigenvalue weighted by Crippen LogP contribution is -2.22. The summed E-state index contributed by atoms with van der Waals surface area (Å²) < 4.78 is 50.8. The largest absolute Gasteiger partial charge is 0.492 e. The zero-order chi connectivity index (χ0) is 22.2. The summed E-state index contributed by atoms with van der Waals surface area (Å²) in [5.74, 6) is -0.294. The highest BCUT2D eigenvalue weighted by Crippen LogP contribution is 2.40. The third kappa shape index (κ3) is 4.15. The van der Waals surface area contributed by atoms with Crippen molar-refractivity contribution in [3.05, 3.63) is 64.4 Å². The Labute approximate surface area is 176 Å². The van der Waals surface area contributed by atoms with Crippen LogP contribution in [0.3, 0.4) is 0 Å². The van der Waals surface area contributed by atoms with E-state index < -0.39 is 17.5 Å². The van der Waals surface area contributed by atoms with Crippen LogP contribution in [0, 0.1) is 0 Å². The number of ether oxygens (including phenoxy) is 1. The normalized spacial score (nSPS) is 13.5. The molecule has 0 saturated heterocycles. The molecule has 5 nitrogen and oxygen atoms in total. The second kappa shape index (κ2) is 8.09. The van der Waals surface area contributed by atoms with E-state index in [1.807, 2.05) is 0 Å². The molecule has 1 N–H and O–H groups in total. The van der Waals surface area contributed by atoms with Crippen molar-refractivity contribution in [3.8, 4) is 5.75 Å². The number of rotatable bonds is 5. The number of carbonyl (C=O) groups excluding carboxylic acids is 2. The van der Waals surface area contributed by atoms with Gasteiger partial charge in [0, 0.05) is 35.5 Å². The summed E-state index contributed by atoms with van der Waals surface area (Å²) in [4.78, 5) is 24.3. The van der Waals surface area contributed by atoms with Crippen molar-refractivity contribution in [1.82, 2.24) is 5.32 Å². The van der Waals surface area contributed by atoms with Gasteiger partial charge in [0.1, 0.15) is 11.3 Å². The van der Waals surface area contributed by atoms with Gasteiger partial charge < -0.3 is 14.5 Å². The summed E-state index contributed by atoms with van der Waals surface area (Å²) in [5.41, 5.74) is 1.39. The minimum Gasteiger partial charge on any atom is -0.492 e. The molecule has 0 fully saturated rings. The van der Waals surface area contributed by atoms with Crippen LogP contribution in [0.4, 0.5) is 13.2 Å². The molecule has 0 unspecified atom stereocenters. The van der Waals surface area contributed by atoms with Crippen molar-refractivity contribution in [1.29, 1.82) is 0 Å². The Balaban J connectivity index is 1.77. The fourth-order valence-electron chi connectivity index (χ4n) is 3.88. The lowest BCUT2D eigenvalue weighted by atomic mass is 9.92. The second-order valence-electron chi connectivity index (χ2n) is 7.46. The number of alkyl halides is 3. The van der Waals surface area contributed by atoms with Crippen molar-refractivity contribution in [2.75, 3.05) is 13.2 Å². The van der Waals surface area contributed by atoms with Gasteiger partial charge in [0.2, 0.25) is 5.91 Å². The number of furan rings is 1. The van der Waals surface area contributed by atoms with Gasteiger partial charge in [-0.2, -0.15) is 13.2 Å². The number of hydrogen-bond acceptors (Lipinski definition) is 4. The minimum absolute atomic E-state index is 0.0667. The highest BCUT2D eigenvalue weighted by atomic mass is 19.4. The van der Waals surface area contributed by atoms with Gasteiger partial charge in [-0.3, -0.25) is 9.59 Å². The zero-order valence-electron chi connectivity index (χ0n) is 16.8. The van der Waals surface area contributed by atoms with Crippen LogP contribution in [0.2, 0.25) is 0 Å². The fourth-order valence-corrected chi connectivity index (χ4v) is 3.88. The molecule has 1 amide bonds. The van der Waals surface area contributed by atoms with Crippen molar-refractivity contribution < 1.29 is 31.9 Å². The maximum atomic E-state index is 13.2. The van der Waals surface area contributed by atoms with Crippen LogP contribution in [-0.2, 0) is 23.8 Å². The van der Waals surface area contributed by atoms with Crippen LogP contribution in [0.1, 0.15) is 46.0 Å². The highest BCUT2D eigenvalue weighted by molar-refractivity contribution is 6.13. The van der Waals surface area contributed by atoms with E-state index in [9.17, 15) is 22.8 Å². The maximum Gasteiger partial charge on any atom is 0.416 e. The first-order chi connectivity index (χ1) is 14.8. The third-order valence-corrected chi connectivity index (χ3v) is 5.27. The molecule has 3 aromatic rings. The van der Waals surface area contributed by atoms with E-state index in [-0.39, 0.29) is 17.0 Å². The van der Waals surface area contributed by atoms with E-state index >= 15 is 0 Å². The molecule has 162 valence electrons. The Morgan fingerprint density at radius 3 is 2.74 bits per heavy atom. The average molecular weight is 431 g/mol. The van der Waals surface area contributed by atoms with Crippen molar-refractivity contribution in [2.45, 2.75) is 32.4 Å². The predicted molar refractivity (Wildman–Crippen MR) is 107 cm³/mol. The van der Waals surface area contributed by atoms with E-state index in [0.29, 0.717) is 37.3 Å². The molecule has 0 atom stereocenters. The SMILES string of the molecule is CC(=O)NCCc1coc2cc(C(=O)c3cccc(C(F)(F)F)c3)c3c(c12)CCCO3. The summed E-state index contributed by atoms with van der Waals surface area (Å²) >= 11 is 0. The Morgan fingerprint density at radius 1 is 1.19 bits per heavy atom. The fraction of sp³-hybridized carbons (Fsp3) is 0.304. The van der Waals surface area contributed by atoms with Crippen LogP contribution >= 0.6 is 0 Å². The molecule has 2 heterocycles. The monoisotopic (exact) mass is 431 g/mol. The number of benzene rings is 2. The molecular weight excluding hydrogens is 411 g/mol. The zero-order valence-corrected chi connectivity index (χ0v) is 16.8. The van der Waals surface area contributed by atoms with Gasteiger partial charge in [0.05, 0.1) is 24.0 Å². The smallest absolute Gasteiger partial charge is 0.416 e.